The number of amides is 3. The number of aromatic nitrogens is 8. The molecule has 2 saturated heterocycles. The van der Waals surface area contributed by atoms with Crippen LogP contribution in [0.1, 0.15) is 169 Å². The molecule has 2 aliphatic carbocycles. The Bertz CT molecular complexity index is 4790. The summed E-state index contributed by atoms with van der Waals surface area (Å²) in [6.45, 7) is 15.2. The van der Waals surface area contributed by atoms with Gasteiger partial charge in [-0.25, -0.2) is 43.5 Å². The van der Waals surface area contributed by atoms with Crippen LogP contribution in [0.3, 0.4) is 0 Å². The summed E-state index contributed by atoms with van der Waals surface area (Å²) < 4.78 is 156. The van der Waals surface area contributed by atoms with Crippen molar-refractivity contribution in [3.05, 3.63) is 178 Å². The highest BCUT2D eigenvalue weighted by Gasteiger charge is 2.63. The zero-order valence-corrected chi connectivity index (χ0v) is 64.1. The van der Waals surface area contributed by atoms with Crippen LogP contribution >= 0.6 is 23.2 Å². The fraction of sp³-hybridized carbons (Fsp3) is 0.453. The summed E-state index contributed by atoms with van der Waals surface area (Å²) in [5.41, 5.74) is -2.71. The standard InChI is InChI=1S/C40H47ClF3N7O6S.C35H39ClF3N7O4S/c1-37(2,3)57-36(53)50-25-26(24-38(50,4)5)14-16-29(27-10-7-6-8-11-27)45-30-12-9-13-33(46-30)58(54,55)49-35(52)28-15-17-31(47-34(28)41)51-22-18-32(48-51)56-23-21-39(19-20-39)40(42,43)44;1-33(2)21-23(22-40-33)11-13-26(24-7-4-3-5-8-24)41-27-9-6-10-30(42-27)51(48,49)45-32(47)25-12-14-28(43-31(25)36)46-19-15-29(44-46)50-20-18-34(16-17-34)35(37,38)39/h6-13,15,17-18,22,26,29H,14,16,19-21,23-25H2,1-5H3,(H,45,46)(H,49,52);3-10,12,14-15,19,23,26,40H,11,13,16-18,20-22H2,1-2H3,(H,41,42)(H,45,47). The molecule has 34 heteroatoms. The lowest BCUT2D eigenvalue weighted by molar-refractivity contribution is -0.190. The van der Waals surface area contributed by atoms with Crippen LogP contribution in [0.2, 0.25) is 10.3 Å². The van der Waals surface area contributed by atoms with Crippen LogP contribution in [0.5, 0.6) is 11.8 Å². The van der Waals surface area contributed by atoms with Crippen molar-refractivity contribution < 1.29 is 71.8 Å². The minimum atomic E-state index is -4.49. The van der Waals surface area contributed by atoms with Crippen molar-refractivity contribution in [3.63, 3.8) is 0 Å². The second kappa shape index (κ2) is 32.4. The number of pyridine rings is 4. The van der Waals surface area contributed by atoms with E-state index in [0.717, 1.165) is 49.8 Å². The second-order valence-corrected chi connectivity index (χ2v) is 34.2. The number of anilines is 2. The zero-order chi connectivity index (χ0) is 78.5. The molecule has 2 aromatic carbocycles. The van der Waals surface area contributed by atoms with Crippen LogP contribution in [-0.2, 0) is 24.8 Å². The summed E-state index contributed by atoms with van der Waals surface area (Å²) in [7, 11) is -8.91. The van der Waals surface area contributed by atoms with Crippen LogP contribution in [0, 0.1) is 22.7 Å². The number of benzene rings is 2. The predicted molar refractivity (Wildman–Crippen MR) is 396 cm³/mol. The van der Waals surface area contributed by atoms with Gasteiger partial charge in [-0.2, -0.15) is 43.2 Å². The van der Waals surface area contributed by atoms with Gasteiger partial charge in [-0.3, -0.25) is 9.59 Å². The molecule has 2 saturated carbocycles. The molecule has 8 aromatic rings. The first-order valence-corrected chi connectivity index (χ1v) is 39.3. The minimum absolute atomic E-state index is 0.0765. The average molecular weight is 1590 g/mol. The van der Waals surface area contributed by atoms with Gasteiger partial charge in [-0.15, -0.1) is 10.2 Å². The topological polar surface area (TPSA) is 298 Å². The number of sulfonamides is 2. The second-order valence-electron chi connectivity index (χ2n) is 30.2. The van der Waals surface area contributed by atoms with E-state index in [1.807, 2.05) is 105 Å². The maximum atomic E-state index is 13.4. The molecular formula is C75H86Cl2F6N14O10S2. The van der Waals surface area contributed by atoms with Gasteiger partial charge in [0, 0.05) is 42.1 Å². The maximum Gasteiger partial charge on any atom is 0.410 e. The van der Waals surface area contributed by atoms with Crippen molar-refractivity contribution in [2.45, 2.75) is 177 Å². The molecular weight excluding hydrogens is 1510 g/mol. The molecule has 8 heterocycles. The van der Waals surface area contributed by atoms with Crippen molar-refractivity contribution in [1.29, 1.82) is 0 Å². The molecule has 4 unspecified atom stereocenters. The molecule has 2 aliphatic heterocycles. The highest BCUT2D eigenvalue weighted by atomic mass is 35.5. The third-order valence-electron chi connectivity index (χ3n) is 19.8. The van der Waals surface area contributed by atoms with Gasteiger partial charge in [0.05, 0.1) is 47.3 Å². The summed E-state index contributed by atoms with van der Waals surface area (Å²) in [4.78, 5) is 58.1. The van der Waals surface area contributed by atoms with Gasteiger partial charge in [0.1, 0.15) is 27.5 Å². The van der Waals surface area contributed by atoms with Gasteiger partial charge in [-0.05, 0) is 204 Å². The highest BCUT2D eigenvalue weighted by Crippen LogP contribution is 2.61. The largest absolute Gasteiger partial charge is 0.477 e. The Labute approximate surface area is 638 Å². The number of likely N-dealkylation sites (tertiary alicyclic amines) is 1. The molecule has 584 valence electrons. The third-order valence-corrected chi connectivity index (χ3v) is 22.8. The lowest BCUT2D eigenvalue weighted by Gasteiger charge is -2.33. The van der Waals surface area contributed by atoms with E-state index >= 15 is 0 Å². The number of alkyl halides is 6. The predicted octanol–water partition coefficient (Wildman–Crippen LogP) is 15.4. The SMILES string of the molecule is CC(C)(C)OC(=O)N1CC(CCC(Nc2cccc(S(=O)(=O)NC(=O)c3ccc(-n4ccc(OCCC5(C(F)(F)F)CC5)n4)nc3Cl)n2)c2ccccc2)CC1(C)C.CC1(C)CC(CCC(Nc2cccc(S(=O)(=O)NC(=O)c3ccc(-n4ccc(OCCC5(C(F)(F)F)CC5)n4)nc3Cl)n2)c2ccccc2)CN1. The van der Waals surface area contributed by atoms with Gasteiger partial charge in [0.25, 0.3) is 31.9 Å². The van der Waals surface area contributed by atoms with Crippen molar-refractivity contribution in [2.75, 3.05) is 36.9 Å². The molecule has 0 radical (unpaired) electrons. The Balaban J connectivity index is 0.000000218. The Morgan fingerprint density at radius 2 is 1.00 bits per heavy atom. The molecule has 4 fully saturated rings. The zero-order valence-electron chi connectivity index (χ0n) is 60.9. The third kappa shape index (κ3) is 20.7. The van der Waals surface area contributed by atoms with E-state index < -0.39 is 65.7 Å². The Morgan fingerprint density at radius 1 is 0.569 bits per heavy atom. The average Bonchev–Trinajstić information content (AvgIpc) is 1.48. The minimum Gasteiger partial charge on any atom is -0.477 e. The van der Waals surface area contributed by atoms with Crippen molar-refractivity contribution in [3.8, 4) is 23.4 Å². The van der Waals surface area contributed by atoms with Gasteiger partial charge in [-0.1, -0.05) is 96.0 Å². The quantitative estimate of drug-likeness (QED) is 0.0225. The molecule has 4 atom stereocenters. The van der Waals surface area contributed by atoms with Crippen LogP contribution in [0.4, 0.5) is 42.8 Å². The Kier molecular flexibility index (Phi) is 24.1. The molecule has 0 spiro atoms. The van der Waals surface area contributed by atoms with E-state index in [9.17, 15) is 57.6 Å². The molecule has 4 aliphatic rings. The lowest BCUT2D eigenvalue weighted by atomic mass is 9.90. The number of nitrogens with zero attached hydrogens (tertiary/aromatic N) is 9. The number of hydrogen-bond acceptors (Lipinski definition) is 19. The van der Waals surface area contributed by atoms with E-state index in [2.05, 4.69) is 59.9 Å². The molecule has 109 heavy (non-hydrogen) atoms. The molecule has 12 rings (SSSR count). The van der Waals surface area contributed by atoms with E-state index in [1.165, 1.54) is 76.4 Å². The fourth-order valence-electron chi connectivity index (χ4n) is 13.5. The summed E-state index contributed by atoms with van der Waals surface area (Å²) >= 11 is 12.6. The van der Waals surface area contributed by atoms with Crippen LogP contribution in [0.15, 0.2) is 156 Å². The maximum absolute atomic E-state index is 13.4. The van der Waals surface area contributed by atoms with Gasteiger partial charge in [0.2, 0.25) is 11.8 Å². The number of ether oxygens (including phenoxy) is 3. The van der Waals surface area contributed by atoms with E-state index in [1.54, 1.807) is 23.1 Å². The summed E-state index contributed by atoms with van der Waals surface area (Å²) in [6.07, 6.45) is -0.930. The van der Waals surface area contributed by atoms with Crippen LogP contribution < -0.4 is 34.9 Å². The summed E-state index contributed by atoms with van der Waals surface area (Å²) in [5.74, 6) is -0.250. The number of halogens is 8. The summed E-state index contributed by atoms with van der Waals surface area (Å²) in [5, 5.41) is 17.3. The van der Waals surface area contributed by atoms with Gasteiger partial charge >= 0.3 is 18.4 Å². The normalized spacial score (nSPS) is 18.3. The lowest BCUT2D eigenvalue weighted by Crippen LogP contribution is -2.45. The van der Waals surface area contributed by atoms with E-state index in [0.29, 0.717) is 24.7 Å². The molecule has 3 amide bonds. The molecule has 6 aromatic heterocycles. The number of carbonyl (C=O) groups is 3. The highest BCUT2D eigenvalue weighted by molar-refractivity contribution is 7.90. The number of rotatable bonds is 28. The Hall–Kier alpha value is -9.11. The van der Waals surface area contributed by atoms with Crippen LogP contribution in [-0.4, -0.2) is 134 Å². The summed E-state index contributed by atoms with van der Waals surface area (Å²) in [6, 6.07) is 36.3. The first-order valence-electron chi connectivity index (χ1n) is 35.6. The van der Waals surface area contributed by atoms with Crippen molar-refractivity contribution in [1.82, 2.24) is 59.2 Å². The Morgan fingerprint density at radius 3 is 1.39 bits per heavy atom. The van der Waals surface area contributed by atoms with Crippen molar-refractivity contribution in [2.24, 2.45) is 22.7 Å². The van der Waals surface area contributed by atoms with Crippen LogP contribution in [0.25, 0.3) is 11.6 Å². The number of hydrogen-bond donors (Lipinski definition) is 5. The molecule has 0 bridgehead atoms. The number of nitrogens with one attached hydrogen (secondary N) is 5. The van der Waals surface area contributed by atoms with Crippen molar-refractivity contribution >= 4 is 72.8 Å². The fourth-order valence-corrected chi connectivity index (χ4v) is 15.8. The molecule has 5 N–H and O–H groups in total. The number of carbonyl (C=O) groups excluding carboxylic acids is 3. The first kappa shape index (κ1) is 80.9. The van der Waals surface area contributed by atoms with Gasteiger partial charge in [0.15, 0.2) is 21.7 Å². The van der Waals surface area contributed by atoms with E-state index in [-0.39, 0.29) is 143 Å². The smallest absolute Gasteiger partial charge is 0.410 e. The van der Waals surface area contributed by atoms with Gasteiger partial charge < -0.3 is 35.1 Å². The first-order chi connectivity index (χ1) is 51.3. The van der Waals surface area contributed by atoms with E-state index in [4.69, 9.17) is 37.4 Å². The molecule has 24 nitrogen and oxygen atoms in total. The monoisotopic (exact) mass is 1590 g/mol.